The van der Waals surface area contributed by atoms with Crippen LogP contribution in [0.1, 0.15) is 29.7 Å². The lowest BCUT2D eigenvalue weighted by atomic mass is 10.1. The van der Waals surface area contributed by atoms with E-state index in [0.29, 0.717) is 12.5 Å². The van der Waals surface area contributed by atoms with Crippen LogP contribution in [-0.2, 0) is 6.54 Å². The Bertz CT molecular complexity index is 520. The highest BCUT2D eigenvalue weighted by atomic mass is 32.1. The zero-order valence-corrected chi connectivity index (χ0v) is 10.7. The molecule has 0 aliphatic carbocycles. The molecule has 0 unspecified atom stereocenters. The first-order chi connectivity index (χ1) is 8.11. The Balaban J connectivity index is 2.53. The summed E-state index contributed by atoms with van der Waals surface area (Å²) < 4.78 is 13.2. The third kappa shape index (κ3) is 2.53. The SMILES string of the molecule is CC(C)c1sc(CN)nc1-c1cccc(F)c1. The van der Waals surface area contributed by atoms with Crippen molar-refractivity contribution in [3.8, 4) is 11.3 Å². The van der Waals surface area contributed by atoms with E-state index in [2.05, 4.69) is 18.8 Å². The summed E-state index contributed by atoms with van der Waals surface area (Å²) in [6, 6.07) is 6.54. The van der Waals surface area contributed by atoms with Gasteiger partial charge in [0.2, 0.25) is 0 Å². The highest BCUT2D eigenvalue weighted by Crippen LogP contribution is 2.33. The fourth-order valence-corrected chi connectivity index (χ4v) is 2.67. The van der Waals surface area contributed by atoms with Gasteiger partial charge < -0.3 is 5.73 Å². The van der Waals surface area contributed by atoms with Crippen LogP contribution in [0.3, 0.4) is 0 Å². The lowest BCUT2D eigenvalue weighted by Crippen LogP contribution is -1.94. The van der Waals surface area contributed by atoms with Gasteiger partial charge >= 0.3 is 0 Å². The average molecular weight is 250 g/mol. The van der Waals surface area contributed by atoms with Gasteiger partial charge in [-0.1, -0.05) is 26.0 Å². The van der Waals surface area contributed by atoms with Gasteiger partial charge in [0.15, 0.2) is 0 Å². The minimum Gasteiger partial charge on any atom is -0.325 e. The Labute approximate surface area is 104 Å². The van der Waals surface area contributed by atoms with Gasteiger partial charge in [-0.3, -0.25) is 0 Å². The smallest absolute Gasteiger partial charge is 0.123 e. The Morgan fingerprint density at radius 2 is 2.18 bits per heavy atom. The van der Waals surface area contributed by atoms with Gasteiger partial charge in [-0.05, 0) is 18.1 Å². The minimum absolute atomic E-state index is 0.237. The van der Waals surface area contributed by atoms with E-state index in [1.165, 1.54) is 12.1 Å². The molecule has 17 heavy (non-hydrogen) atoms. The summed E-state index contributed by atoms with van der Waals surface area (Å²) in [4.78, 5) is 5.65. The zero-order valence-electron chi connectivity index (χ0n) is 9.90. The number of halogens is 1. The fraction of sp³-hybridized carbons (Fsp3) is 0.308. The molecule has 2 rings (SSSR count). The van der Waals surface area contributed by atoms with Crippen LogP contribution in [0.15, 0.2) is 24.3 Å². The Hall–Kier alpha value is -1.26. The minimum atomic E-state index is -0.237. The molecule has 0 radical (unpaired) electrons. The van der Waals surface area contributed by atoms with Gasteiger partial charge in [-0.25, -0.2) is 9.37 Å². The first-order valence-corrected chi connectivity index (χ1v) is 6.39. The molecule has 2 aromatic rings. The van der Waals surface area contributed by atoms with Crippen molar-refractivity contribution in [2.45, 2.75) is 26.3 Å². The molecule has 0 atom stereocenters. The van der Waals surface area contributed by atoms with Crippen LogP contribution in [-0.4, -0.2) is 4.98 Å². The van der Waals surface area contributed by atoms with Crippen LogP contribution < -0.4 is 5.73 Å². The summed E-state index contributed by atoms with van der Waals surface area (Å²) in [7, 11) is 0. The van der Waals surface area contributed by atoms with E-state index >= 15 is 0 Å². The van der Waals surface area contributed by atoms with E-state index < -0.39 is 0 Å². The summed E-state index contributed by atoms with van der Waals surface area (Å²) >= 11 is 1.61. The summed E-state index contributed by atoms with van der Waals surface area (Å²) in [5, 5.41) is 0.896. The van der Waals surface area contributed by atoms with Crippen molar-refractivity contribution in [3.63, 3.8) is 0 Å². The molecule has 0 spiro atoms. The highest BCUT2D eigenvalue weighted by Gasteiger charge is 2.15. The van der Waals surface area contributed by atoms with Gasteiger partial charge in [0.25, 0.3) is 0 Å². The molecular weight excluding hydrogens is 235 g/mol. The van der Waals surface area contributed by atoms with Crippen LogP contribution in [0.4, 0.5) is 4.39 Å². The molecule has 1 aromatic carbocycles. The molecule has 90 valence electrons. The van der Waals surface area contributed by atoms with Gasteiger partial charge in [0, 0.05) is 17.0 Å². The van der Waals surface area contributed by atoms with Crippen molar-refractivity contribution in [1.82, 2.24) is 4.98 Å². The molecule has 4 heteroatoms. The first kappa shape index (κ1) is 12.2. The van der Waals surface area contributed by atoms with Crippen molar-refractivity contribution in [1.29, 1.82) is 0 Å². The quantitative estimate of drug-likeness (QED) is 0.905. The number of rotatable bonds is 3. The molecule has 0 amide bonds. The normalized spacial score (nSPS) is 11.1. The Morgan fingerprint density at radius 3 is 2.76 bits per heavy atom. The van der Waals surface area contributed by atoms with Crippen molar-refractivity contribution >= 4 is 11.3 Å². The molecule has 0 fully saturated rings. The molecule has 2 N–H and O–H groups in total. The maximum absolute atomic E-state index is 13.2. The fourth-order valence-electron chi connectivity index (χ4n) is 1.70. The number of aromatic nitrogens is 1. The summed E-state index contributed by atoms with van der Waals surface area (Å²) in [5.41, 5.74) is 7.30. The van der Waals surface area contributed by atoms with Crippen molar-refractivity contribution < 1.29 is 4.39 Å². The number of nitrogens with zero attached hydrogens (tertiary/aromatic N) is 1. The van der Waals surface area contributed by atoms with E-state index in [0.717, 1.165) is 21.1 Å². The van der Waals surface area contributed by atoms with Crippen LogP contribution >= 0.6 is 11.3 Å². The van der Waals surface area contributed by atoms with E-state index in [1.807, 2.05) is 6.07 Å². The first-order valence-electron chi connectivity index (χ1n) is 5.57. The monoisotopic (exact) mass is 250 g/mol. The number of hydrogen-bond acceptors (Lipinski definition) is 3. The van der Waals surface area contributed by atoms with Crippen LogP contribution in [0.25, 0.3) is 11.3 Å². The molecule has 0 aliphatic heterocycles. The predicted octanol–water partition coefficient (Wildman–Crippen LogP) is 3.53. The number of nitrogens with two attached hydrogens (primary N) is 1. The molecule has 0 aliphatic rings. The largest absolute Gasteiger partial charge is 0.325 e. The second kappa shape index (κ2) is 4.94. The number of thiazole rings is 1. The van der Waals surface area contributed by atoms with Crippen molar-refractivity contribution in [2.75, 3.05) is 0 Å². The summed E-state index contributed by atoms with van der Waals surface area (Å²) in [6.45, 7) is 4.65. The second-order valence-corrected chi connectivity index (χ2v) is 5.30. The molecule has 0 saturated carbocycles. The number of hydrogen-bond donors (Lipinski definition) is 1. The second-order valence-electron chi connectivity index (χ2n) is 4.19. The van der Waals surface area contributed by atoms with E-state index in [-0.39, 0.29) is 5.82 Å². The third-order valence-corrected chi connectivity index (χ3v) is 3.87. The maximum atomic E-state index is 13.2. The topological polar surface area (TPSA) is 38.9 Å². The molecule has 2 nitrogen and oxygen atoms in total. The summed E-state index contributed by atoms with van der Waals surface area (Å²) in [5.74, 6) is 0.130. The maximum Gasteiger partial charge on any atom is 0.123 e. The lowest BCUT2D eigenvalue weighted by molar-refractivity contribution is 0.628. The third-order valence-electron chi connectivity index (χ3n) is 2.49. The molecule has 0 saturated heterocycles. The zero-order chi connectivity index (χ0) is 12.4. The van der Waals surface area contributed by atoms with Gasteiger partial charge in [0.1, 0.15) is 10.8 Å². The highest BCUT2D eigenvalue weighted by molar-refractivity contribution is 7.12. The molecule has 1 heterocycles. The van der Waals surface area contributed by atoms with E-state index in [9.17, 15) is 4.39 Å². The molecular formula is C13H15FN2S. The van der Waals surface area contributed by atoms with Gasteiger partial charge in [-0.15, -0.1) is 11.3 Å². The van der Waals surface area contributed by atoms with E-state index in [1.54, 1.807) is 17.4 Å². The molecule has 1 aromatic heterocycles. The van der Waals surface area contributed by atoms with Gasteiger partial charge in [-0.2, -0.15) is 0 Å². The summed E-state index contributed by atoms with van der Waals surface area (Å²) in [6.07, 6.45) is 0. The van der Waals surface area contributed by atoms with Crippen LogP contribution in [0.2, 0.25) is 0 Å². The molecule has 0 bridgehead atoms. The Kier molecular flexibility index (Phi) is 3.54. The predicted molar refractivity (Wildman–Crippen MR) is 69.5 cm³/mol. The van der Waals surface area contributed by atoms with Crippen molar-refractivity contribution in [2.24, 2.45) is 5.73 Å². The Morgan fingerprint density at radius 1 is 1.41 bits per heavy atom. The lowest BCUT2D eigenvalue weighted by Gasteiger charge is -2.05. The number of benzene rings is 1. The van der Waals surface area contributed by atoms with Crippen molar-refractivity contribution in [3.05, 3.63) is 40.0 Å². The van der Waals surface area contributed by atoms with E-state index in [4.69, 9.17) is 5.73 Å². The van der Waals surface area contributed by atoms with Crippen LogP contribution in [0.5, 0.6) is 0 Å². The van der Waals surface area contributed by atoms with Gasteiger partial charge in [0.05, 0.1) is 5.69 Å². The van der Waals surface area contributed by atoms with Crippen LogP contribution in [0, 0.1) is 5.82 Å². The standard InChI is InChI=1S/C13H15FN2S/c1-8(2)13-12(16-11(7-15)17-13)9-4-3-5-10(14)6-9/h3-6,8H,7,15H2,1-2H3. The average Bonchev–Trinajstić information content (AvgIpc) is 2.73.